The summed E-state index contributed by atoms with van der Waals surface area (Å²) in [5.74, 6) is 0.909. The van der Waals surface area contributed by atoms with E-state index in [1.54, 1.807) is 6.20 Å². The minimum atomic E-state index is 0.527. The van der Waals surface area contributed by atoms with Crippen molar-refractivity contribution in [3.05, 3.63) is 48.3 Å². The van der Waals surface area contributed by atoms with Gasteiger partial charge in [0.15, 0.2) is 0 Å². The second-order valence-corrected chi connectivity index (χ2v) is 3.76. The van der Waals surface area contributed by atoms with Gasteiger partial charge in [-0.3, -0.25) is 4.68 Å². The van der Waals surface area contributed by atoms with E-state index in [-0.39, 0.29) is 0 Å². The van der Waals surface area contributed by atoms with Gasteiger partial charge in [-0.05, 0) is 18.2 Å². The number of hydrogen-bond donors (Lipinski definition) is 1. The predicted molar refractivity (Wildman–Crippen MR) is 66.7 cm³/mol. The van der Waals surface area contributed by atoms with Gasteiger partial charge in [0.2, 0.25) is 0 Å². The van der Waals surface area contributed by atoms with Crippen molar-refractivity contribution in [3.8, 4) is 5.75 Å². The van der Waals surface area contributed by atoms with Crippen molar-refractivity contribution >= 4 is 0 Å². The Kier molecular flexibility index (Phi) is 4.16. The average molecular weight is 231 g/mol. The van der Waals surface area contributed by atoms with Crippen LogP contribution in [0.3, 0.4) is 0 Å². The Morgan fingerprint density at radius 3 is 2.76 bits per heavy atom. The lowest BCUT2D eigenvalue weighted by molar-refractivity contribution is 0.297. The van der Waals surface area contributed by atoms with Crippen LogP contribution in [0.5, 0.6) is 5.75 Å². The van der Waals surface area contributed by atoms with Gasteiger partial charge in [-0.15, -0.1) is 0 Å². The van der Waals surface area contributed by atoms with E-state index in [4.69, 9.17) is 10.5 Å². The maximum Gasteiger partial charge on any atom is 0.119 e. The number of ether oxygens (including phenoxy) is 1. The van der Waals surface area contributed by atoms with E-state index in [0.717, 1.165) is 24.4 Å². The lowest BCUT2D eigenvalue weighted by atomic mass is 10.3. The molecule has 0 saturated heterocycles. The van der Waals surface area contributed by atoms with Crippen LogP contribution in [-0.4, -0.2) is 16.4 Å². The monoisotopic (exact) mass is 231 g/mol. The molecular formula is C13H17N3O. The summed E-state index contributed by atoms with van der Waals surface area (Å²) in [5, 5.41) is 4.21. The third-order valence-corrected chi connectivity index (χ3v) is 2.54. The molecule has 0 atom stereocenters. The zero-order chi connectivity index (χ0) is 11.9. The highest BCUT2D eigenvalue weighted by molar-refractivity contribution is 5.20. The number of para-hydroxylation sites is 1. The molecule has 0 radical (unpaired) electrons. The predicted octanol–water partition coefficient (Wildman–Crippen LogP) is 1.81. The first-order valence-electron chi connectivity index (χ1n) is 5.79. The Morgan fingerprint density at radius 2 is 2.00 bits per heavy atom. The van der Waals surface area contributed by atoms with Crippen molar-refractivity contribution in [1.29, 1.82) is 0 Å². The summed E-state index contributed by atoms with van der Waals surface area (Å²) in [6, 6.07) is 11.8. The van der Waals surface area contributed by atoms with Crippen molar-refractivity contribution in [1.82, 2.24) is 9.78 Å². The summed E-state index contributed by atoms with van der Waals surface area (Å²) in [7, 11) is 0. The summed E-state index contributed by atoms with van der Waals surface area (Å²) >= 11 is 0. The summed E-state index contributed by atoms with van der Waals surface area (Å²) in [5.41, 5.74) is 6.66. The van der Waals surface area contributed by atoms with Crippen LogP contribution in [0.25, 0.3) is 0 Å². The molecule has 4 heteroatoms. The molecule has 0 spiro atoms. The van der Waals surface area contributed by atoms with Gasteiger partial charge in [-0.1, -0.05) is 18.2 Å². The van der Waals surface area contributed by atoms with Crippen LogP contribution in [0.2, 0.25) is 0 Å². The highest BCUT2D eigenvalue weighted by Crippen LogP contribution is 2.08. The van der Waals surface area contributed by atoms with Crippen LogP contribution in [-0.2, 0) is 13.1 Å². The van der Waals surface area contributed by atoms with Crippen LogP contribution in [0.15, 0.2) is 42.6 Å². The molecule has 0 unspecified atom stereocenters. The Morgan fingerprint density at radius 1 is 1.18 bits per heavy atom. The van der Waals surface area contributed by atoms with Crippen LogP contribution in [0.1, 0.15) is 12.1 Å². The lowest BCUT2D eigenvalue weighted by Crippen LogP contribution is -2.11. The quantitative estimate of drug-likeness (QED) is 0.771. The van der Waals surface area contributed by atoms with Gasteiger partial charge in [0.05, 0.1) is 12.3 Å². The number of hydrogen-bond acceptors (Lipinski definition) is 3. The lowest BCUT2D eigenvalue weighted by Gasteiger charge is -2.07. The minimum absolute atomic E-state index is 0.527. The number of nitrogens with two attached hydrogens (primary N) is 1. The third-order valence-electron chi connectivity index (χ3n) is 2.54. The van der Waals surface area contributed by atoms with Crippen LogP contribution in [0, 0.1) is 0 Å². The molecule has 2 aromatic rings. The number of aromatic nitrogens is 2. The summed E-state index contributed by atoms with van der Waals surface area (Å²) in [6.07, 6.45) is 2.70. The highest BCUT2D eigenvalue weighted by atomic mass is 16.5. The number of benzene rings is 1. The molecule has 1 aromatic carbocycles. The summed E-state index contributed by atoms with van der Waals surface area (Å²) in [6.45, 7) is 2.06. The first-order valence-corrected chi connectivity index (χ1v) is 5.79. The van der Waals surface area contributed by atoms with E-state index in [9.17, 15) is 0 Å². The van der Waals surface area contributed by atoms with Crippen molar-refractivity contribution in [2.45, 2.75) is 19.5 Å². The van der Waals surface area contributed by atoms with Crippen molar-refractivity contribution < 1.29 is 4.74 Å². The topological polar surface area (TPSA) is 53.1 Å². The molecule has 2 rings (SSSR count). The van der Waals surface area contributed by atoms with Crippen molar-refractivity contribution in [2.75, 3.05) is 6.61 Å². The molecule has 1 heterocycles. The van der Waals surface area contributed by atoms with E-state index in [1.807, 2.05) is 41.1 Å². The molecule has 4 nitrogen and oxygen atoms in total. The molecule has 1 aromatic heterocycles. The van der Waals surface area contributed by atoms with Crippen LogP contribution < -0.4 is 10.5 Å². The maximum atomic E-state index is 5.61. The van der Waals surface area contributed by atoms with Gasteiger partial charge in [0, 0.05) is 25.7 Å². The van der Waals surface area contributed by atoms with E-state index >= 15 is 0 Å². The van der Waals surface area contributed by atoms with E-state index in [2.05, 4.69) is 5.10 Å². The smallest absolute Gasteiger partial charge is 0.119 e. The standard InChI is InChI=1S/C13H17N3O/c14-11-12-7-8-15-16(12)9-4-10-17-13-5-2-1-3-6-13/h1-3,5-8H,4,9-11,14H2. The number of rotatable bonds is 6. The molecule has 2 N–H and O–H groups in total. The van der Waals surface area contributed by atoms with E-state index < -0.39 is 0 Å². The van der Waals surface area contributed by atoms with E-state index in [1.165, 1.54) is 0 Å². The average Bonchev–Trinajstić information content (AvgIpc) is 2.83. The molecule has 0 amide bonds. The molecule has 0 fully saturated rings. The maximum absolute atomic E-state index is 5.61. The SMILES string of the molecule is NCc1ccnn1CCCOc1ccccc1. The fraction of sp³-hybridized carbons (Fsp3) is 0.308. The van der Waals surface area contributed by atoms with Gasteiger partial charge >= 0.3 is 0 Å². The summed E-state index contributed by atoms with van der Waals surface area (Å²) < 4.78 is 7.53. The van der Waals surface area contributed by atoms with Crippen molar-refractivity contribution in [2.24, 2.45) is 5.73 Å². The van der Waals surface area contributed by atoms with Gasteiger partial charge < -0.3 is 10.5 Å². The normalized spacial score (nSPS) is 10.4. The minimum Gasteiger partial charge on any atom is -0.494 e. The fourth-order valence-electron chi connectivity index (χ4n) is 1.66. The first kappa shape index (κ1) is 11.7. The second-order valence-electron chi connectivity index (χ2n) is 3.76. The van der Waals surface area contributed by atoms with E-state index in [0.29, 0.717) is 13.2 Å². The molecule has 0 saturated carbocycles. The first-order chi connectivity index (χ1) is 8.40. The zero-order valence-corrected chi connectivity index (χ0v) is 9.75. The van der Waals surface area contributed by atoms with Gasteiger partial charge in [-0.25, -0.2) is 0 Å². The molecule has 0 aliphatic heterocycles. The van der Waals surface area contributed by atoms with Crippen molar-refractivity contribution in [3.63, 3.8) is 0 Å². The Balaban J connectivity index is 1.73. The Labute approximate surface area is 101 Å². The largest absolute Gasteiger partial charge is 0.494 e. The number of aryl methyl sites for hydroxylation is 1. The second kappa shape index (κ2) is 6.06. The molecule has 0 aliphatic carbocycles. The molecule has 0 aliphatic rings. The Bertz CT molecular complexity index is 439. The van der Waals surface area contributed by atoms with Gasteiger partial charge in [0.1, 0.15) is 5.75 Å². The van der Waals surface area contributed by atoms with Gasteiger partial charge in [0.25, 0.3) is 0 Å². The third kappa shape index (κ3) is 3.32. The zero-order valence-electron chi connectivity index (χ0n) is 9.75. The molecular weight excluding hydrogens is 214 g/mol. The number of nitrogens with zero attached hydrogens (tertiary/aromatic N) is 2. The Hall–Kier alpha value is -1.81. The van der Waals surface area contributed by atoms with Crippen LogP contribution in [0.4, 0.5) is 0 Å². The van der Waals surface area contributed by atoms with Gasteiger partial charge in [-0.2, -0.15) is 5.10 Å². The fourth-order valence-corrected chi connectivity index (χ4v) is 1.66. The highest BCUT2D eigenvalue weighted by Gasteiger charge is 1.99. The molecule has 90 valence electrons. The molecule has 0 bridgehead atoms. The molecule has 17 heavy (non-hydrogen) atoms. The van der Waals surface area contributed by atoms with Crippen LogP contribution >= 0.6 is 0 Å². The summed E-state index contributed by atoms with van der Waals surface area (Å²) in [4.78, 5) is 0.